The van der Waals surface area contributed by atoms with E-state index in [-0.39, 0.29) is 43.1 Å². The third-order valence-corrected chi connectivity index (χ3v) is 4.40. The maximum absolute atomic E-state index is 14.3. The summed E-state index contributed by atoms with van der Waals surface area (Å²) < 4.78 is 19.5. The van der Waals surface area contributed by atoms with Crippen LogP contribution in [0.25, 0.3) is 0 Å². The monoisotopic (exact) mass is 388 g/mol. The molecule has 0 atom stereocenters. The number of ether oxygens (including phenoxy) is 1. The van der Waals surface area contributed by atoms with Crippen LogP contribution in [0, 0.1) is 15.9 Å². The highest BCUT2D eigenvalue weighted by atomic mass is 35.5. The summed E-state index contributed by atoms with van der Waals surface area (Å²) >= 11 is 6.02. The maximum Gasteiger partial charge on any atom is 0.309 e. The molecule has 7 nitrogen and oxygen atoms in total. The van der Waals surface area contributed by atoms with Gasteiger partial charge in [0.05, 0.1) is 33.7 Å². The molecule has 0 radical (unpaired) electrons. The molecule has 1 aromatic rings. The quantitative estimate of drug-likeness (QED) is 0.482. The number of rotatable bonds is 4. The van der Waals surface area contributed by atoms with Crippen molar-refractivity contribution in [2.24, 2.45) is 0 Å². The van der Waals surface area contributed by atoms with Crippen LogP contribution in [0.15, 0.2) is 12.1 Å². The number of hydrogen-bond donors (Lipinski definition) is 1. The van der Waals surface area contributed by atoms with E-state index in [0.29, 0.717) is 0 Å². The molecular formula is C17H22ClFN2O5. The van der Waals surface area contributed by atoms with Crippen molar-refractivity contribution in [3.05, 3.63) is 33.1 Å². The van der Waals surface area contributed by atoms with Gasteiger partial charge in [0.2, 0.25) is 0 Å². The van der Waals surface area contributed by atoms with E-state index >= 15 is 0 Å². The third kappa shape index (κ3) is 5.04. The van der Waals surface area contributed by atoms with Crippen molar-refractivity contribution in [1.29, 1.82) is 0 Å². The lowest BCUT2D eigenvalue weighted by molar-refractivity contribution is -0.385. The van der Waals surface area contributed by atoms with Gasteiger partial charge in [0.1, 0.15) is 5.60 Å². The zero-order valence-corrected chi connectivity index (χ0v) is 15.7. The molecule has 2 rings (SSSR count). The summed E-state index contributed by atoms with van der Waals surface area (Å²) in [7, 11) is 0. The van der Waals surface area contributed by atoms with Crippen LogP contribution in [0.1, 0.15) is 40.0 Å². The fourth-order valence-electron chi connectivity index (χ4n) is 2.93. The number of carbonyl (C=O) groups excluding carboxylic acids is 1. The van der Waals surface area contributed by atoms with Gasteiger partial charge in [-0.2, -0.15) is 0 Å². The smallest absolute Gasteiger partial charge is 0.309 e. The van der Waals surface area contributed by atoms with Crippen molar-refractivity contribution in [1.82, 2.24) is 0 Å². The highest BCUT2D eigenvalue weighted by Crippen LogP contribution is 2.37. The Hall–Kier alpha value is -1.93. The number of non-ortho nitro benzene ring substituents is 1. The number of nitro groups is 1. The van der Waals surface area contributed by atoms with Gasteiger partial charge in [0.15, 0.2) is 5.82 Å². The first kappa shape index (κ1) is 20.4. The van der Waals surface area contributed by atoms with Gasteiger partial charge in [-0.25, -0.2) is 4.39 Å². The summed E-state index contributed by atoms with van der Waals surface area (Å²) in [6.07, 6.45) is 0.298. The molecule has 0 spiro atoms. The molecule has 0 aromatic heterocycles. The first-order chi connectivity index (χ1) is 11.9. The van der Waals surface area contributed by atoms with E-state index in [0.717, 1.165) is 12.1 Å². The average Bonchev–Trinajstić information content (AvgIpc) is 2.46. The van der Waals surface area contributed by atoms with Gasteiger partial charge in [-0.1, -0.05) is 11.6 Å². The fourth-order valence-corrected chi connectivity index (χ4v) is 3.25. The number of halogens is 2. The summed E-state index contributed by atoms with van der Waals surface area (Å²) in [5, 5.41) is 21.3. The molecule has 1 N–H and O–H groups in total. The van der Waals surface area contributed by atoms with E-state index in [9.17, 15) is 24.4 Å². The van der Waals surface area contributed by atoms with E-state index < -0.39 is 33.6 Å². The van der Waals surface area contributed by atoms with E-state index in [2.05, 4.69) is 0 Å². The van der Waals surface area contributed by atoms with Crippen LogP contribution in [-0.2, 0) is 9.53 Å². The first-order valence-electron chi connectivity index (χ1n) is 8.23. The summed E-state index contributed by atoms with van der Waals surface area (Å²) in [6, 6.07) is 1.92. The minimum atomic E-state index is -1.23. The number of piperidine rings is 1. The van der Waals surface area contributed by atoms with Gasteiger partial charge < -0.3 is 14.7 Å². The van der Waals surface area contributed by atoms with Crippen LogP contribution in [0.3, 0.4) is 0 Å². The Morgan fingerprint density at radius 2 is 2.00 bits per heavy atom. The second kappa shape index (κ2) is 7.36. The van der Waals surface area contributed by atoms with Crippen molar-refractivity contribution in [2.45, 2.75) is 51.2 Å². The van der Waals surface area contributed by atoms with Crippen molar-refractivity contribution in [3.8, 4) is 0 Å². The first-order valence-corrected chi connectivity index (χ1v) is 8.61. The largest absolute Gasteiger partial charge is 0.460 e. The number of benzene rings is 1. The molecule has 1 aliphatic rings. The van der Waals surface area contributed by atoms with Crippen LogP contribution in [-0.4, -0.2) is 40.3 Å². The highest BCUT2D eigenvalue weighted by Gasteiger charge is 2.37. The Morgan fingerprint density at radius 3 is 2.46 bits per heavy atom. The van der Waals surface area contributed by atoms with Crippen LogP contribution < -0.4 is 4.90 Å². The molecular weight excluding hydrogens is 367 g/mol. The molecule has 1 fully saturated rings. The number of esters is 1. The average molecular weight is 389 g/mol. The molecule has 144 valence electrons. The predicted molar refractivity (Wildman–Crippen MR) is 94.9 cm³/mol. The predicted octanol–water partition coefficient (Wildman–Crippen LogP) is 3.45. The fraction of sp³-hybridized carbons (Fsp3) is 0.588. The maximum atomic E-state index is 14.3. The Morgan fingerprint density at radius 1 is 1.42 bits per heavy atom. The van der Waals surface area contributed by atoms with Gasteiger partial charge >= 0.3 is 5.97 Å². The molecule has 0 saturated carbocycles. The standard InChI is InChI=1S/C17H22ClFN2O5/c1-16(2,3)26-14(22)10-17(23)4-6-20(7-5-17)15-12(18)8-11(21(24)25)9-13(15)19/h8-9,23H,4-7,10H2,1-3H3. The Balaban J connectivity index is 2.06. The summed E-state index contributed by atoms with van der Waals surface area (Å²) in [6.45, 7) is 5.76. The number of aliphatic hydroxyl groups is 1. The van der Waals surface area contributed by atoms with Crippen LogP contribution in [0.5, 0.6) is 0 Å². The van der Waals surface area contributed by atoms with Crippen LogP contribution in [0.4, 0.5) is 15.8 Å². The van der Waals surface area contributed by atoms with Gasteiger partial charge in [-0.05, 0) is 33.6 Å². The normalized spacial score (nSPS) is 17.1. The van der Waals surface area contributed by atoms with Gasteiger partial charge in [-0.15, -0.1) is 0 Å². The van der Waals surface area contributed by atoms with Crippen molar-refractivity contribution in [2.75, 3.05) is 18.0 Å². The van der Waals surface area contributed by atoms with Gasteiger partial charge in [0.25, 0.3) is 5.69 Å². The van der Waals surface area contributed by atoms with Crippen LogP contribution >= 0.6 is 11.6 Å². The lowest BCUT2D eigenvalue weighted by atomic mass is 9.88. The number of nitrogens with zero attached hydrogens (tertiary/aromatic N) is 2. The number of hydrogen-bond acceptors (Lipinski definition) is 6. The van der Waals surface area contributed by atoms with Crippen LogP contribution in [0.2, 0.25) is 5.02 Å². The Kier molecular flexibility index (Phi) is 5.77. The Labute approximate surface area is 155 Å². The van der Waals surface area contributed by atoms with E-state index in [4.69, 9.17) is 16.3 Å². The second-order valence-corrected chi connectivity index (χ2v) is 7.90. The zero-order chi connectivity index (χ0) is 19.7. The van der Waals surface area contributed by atoms with E-state index in [1.54, 1.807) is 25.7 Å². The molecule has 1 heterocycles. The summed E-state index contributed by atoms with van der Waals surface area (Å²) in [4.78, 5) is 23.6. The van der Waals surface area contributed by atoms with Gasteiger partial charge in [-0.3, -0.25) is 14.9 Å². The van der Waals surface area contributed by atoms with E-state index in [1.807, 2.05) is 0 Å². The van der Waals surface area contributed by atoms with E-state index in [1.165, 1.54) is 0 Å². The lowest BCUT2D eigenvalue weighted by Crippen LogP contribution is -2.46. The molecule has 1 aliphatic heterocycles. The third-order valence-electron chi connectivity index (χ3n) is 4.12. The topological polar surface area (TPSA) is 92.9 Å². The summed E-state index contributed by atoms with van der Waals surface area (Å²) in [5.74, 6) is -1.28. The second-order valence-electron chi connectivity index (χ2n) is 7.49. The Bertz CT molecular complexity index is 689. The molecule has 1 saturated heterocycles. The molecule has 9 heteroatoms. The molecule has 0 amide bonds. The number of anilines is 1. The molecule has 0 aliphatic carbocycles. The molecule has 0 unspecified atom stereocenters. The molecule has 1 aromatic carbocycles. The van der Waals surface area contributed by atoms with Gasteiger partial charge in [0, 0.05) is 19.2 Å². The van der Waals surface area contributed by atoms with Crippen molar-refractivity contribution >= 4 is 28.9 Å². The van der Waals surface area contributed by atoms with Crippen molar-refractivity contribution in [3.63, 3.8) is 0 Å². The highest BCUT2D eigenvalue weighted by molar-refractivity contribution is 6.33. The number of nitro benzene ring substituents is 1. The molecule has 0 bridgehead atoms. The SMILES string of the molecule is CC(C)(C)OC(=O)CC1(O)CCN(c2c(F)cc([N+](=O)[O-])cc2Cl)CC1. The minimum Gasteiger partial charge on any atom is -0.460 e. The minimum absolute atomic E-state index is 0.0608. The lowest BCUT2D eigenvalue weighted by Gasteiger charge is -2.39. The van der Waals surface area contributed by atoms with Crippen molar-refractivity contribution < 1.29 is 24.0 Å². The molecule has 26 heavy (non-hydrogen) atoms. The number of carbonyl (C=O) groups is 1. The summed E-state index contributed by atoms with van der Waals surface area (Å²) in [5.41, 5.74) is -2.22. The zero-order valence-electron chi connectivity index (χ0n) is 14.9.